The summed E-state index contributed by atoms with van der Waals surface area (Å²) in [5.74, 6) is 1.64. The van der Waals surface area contributed by atoms with Crippen molar-refractivity contribution in [2.24, 2.45) is 5.10 Å². The zero-order valence-electron chi connectivity index (χ0n) is 13.9. The molecule has 0 aliphatic carbocycles. The van der Waals surface area contributed by atoms with Crippen LogP contribution in [0.3, 0.4) is 0 Å². The van der Waals surface area contributed by atoms with E-state index in [-0.39, 0.29) is 0 Å². The van der Waals surface area contributed by atoms with Crippen molar-refractivity contribution >= 4 is 12.2 Å². The van der Waals surface area contributed by atoms with Gasteiger partial charge in [0.2, 0.25) is 5.95 Å². The fourth-order valence-electron chi connectivity index (χ4n) is 2.10. The second-order valence-electron chi connectivity index (χ2n) is 5.20. The average molecular weight is 327 g/mol. The molecule has 0 atom stereocenters. The summed E-state index contributed by atoms with van der Waals surface area (Å²) in [5.41, 5.74) is 7.42. The van der Waals surface area contributed by atoms with Gasteiger partial charge in [-0.05, 0) is 43.5 Å². The molecule has 24 heavy (non-hydrogen) atoms. The van der Waals surface area contributed by atoms with Gasteiger partial charge in [0.05, 0.1) is 37.9 Å². The summed E-state index contributed by atoms with van der Waals surface area (Å²) in [5, 5.41) is 12.8. The number of nitrogens with two attached hydrogens (primary N) is 1. The molecule has 0 aliphatic heterocycles. The topological polar surface area (TPSA) is 98.4 Å². The van der Waals surface area contributed by atoms with Crippen LogP contribution in [0.15, 0.2) is 29.5 Å². The number of benzene rings is 1. The third-order valence-electron chi connectivity index (χ3n) is 3.29. The highest BCUT2D eigenvalue weighted by Gasteiger charge is 2.05. The number of aromatic nitrogens is 2. The summed E-state index contributed by atoms with van der Waals surface area (Å²) < 4.78 is 12.6. The van der Waals surface area contributed by atoms with E-state index >= 15 is 0 Å². The second kappa shape index (κ2) is 8.58. The number of rotatable bonds is 8. The number of unbranched alkanes of at least 4 members (excludes halogenated alkanes) is 2. The molecule has 1 aromatic heterocycles. The number of imidazole rings is 1. The summed E-state index contributed by atoms with van der Waals surface area (Å²) in [7, 11) is 1.60. The normalized spacial score (nSPS) is 10.7. The van der Waals surface area contributed by atoms with E-state index < -0.39 is 0 Å². The number of ether oxygens (including phenoxy) is 2. The monoisotopic (exact) mass is 327 g/mol. The van der Waals surface area contributed by atoms with E-state index in [4.69, 9.17) is 20.5 Å². The smallest absolute Gasteiger partial charge is 0.221 e. The molecule has 1 heterocycles. The standard InChI is InChI=1S/C17H21N5O2/c1-13-12-22(17(19)21-13)20-11-14-6-7-15(23-2)16(10-14)24-9-5-3-4-8-18/h6-7,10-12H,3-5,9H2,1-2H3,(H2,19,21). The fraction of sp³-hybridized carbons (Fsp3) is 0.353. The van der Waals surface area contributed by atoms with E-state index in [0.29, 0.717) is 30.5 Å². The molecule has 0 fully saturated rings. The minimum atomic E-state index is 0.339. The van der Waals surface area contributed by atoms with Gasteiger partial charge < -0.3 is 15.2 Å². The minimum absolute atomic E-state index is 0.339. The molecular weight excluding hydrogens is 306 g/mol. The van der Waals surface area contributed by atoms with Crippen molar-refractivity contribution in [3.63, 3.8) is 0 Å². The van der Waals surface area contributed by atoms with Gasteiger partial charge in [-0.25, -0.2) is 9.66 Å². The first-order chi connectivity index (χ1) is 11.6. The zero-order chi connectivity index (χ0) is 17.4. The van der Waals surface area contributed by atoms with Gasteiger partial charge in [0.15, 0.2) is 11.5 Å². The van der Waals surface area contributed by atoms with Crippen LogP contribution in [0.2, 0.25) is 0 Å². The van der Waals surface area contributed by atoms with Gasteiger partial charge in [0, 0.05) is 6.42 Å². The van der Waals surface area contributed by atoms with Gasteiger partial charge in [-0.15, -0.1) is 0 Å². The highest BCUT2D eigenvalue weighted by Crippen LogP contribution is 2.27. The quantitative estimate of drug-likeness (QED) is 0.594. The number of aryl methyl sites for hydroxylation is 1. The maximum Gasteiger partial charge on any atom is 0.221 e. The van der Waals surface area contributed by atoms with E-state index in [2.05, 4.69) is 16.2 Å². The van der Waals surface area contributed by atoms with Gasteiger partial charge >= 0.3 is 0 Å². The van der Waals surface area contributed by atoms with Crippen molar-refractivity contribution in [1.29, 1.82) is 5.26 Å². The molecule has 126 valence electrons. The van der Waals surface area contributed by atoms with Crippen molar-refractivity contribution in [2.45, 2.75) is 26.2 Å². The Morgan fingerprint density at radius 3 is 2.88 bits per heavy atom. The number of hydrogen-bond acceptors (Lipinski definition) is 6. The number of nitrogen functional groups attached to an aromatic ring is 1. The number of methoxy groups -OCH3 is 1. The molecule has 0 saturated carbocycles. The van der Waals surface area contributed by atoms with Crippen molar-refractivity contribution in [1.82, 2.24) is 9.66 Å². The third-order valence-corrected chi connectivity index (χ3v) is 3.29. The Labute approximate surface area is 141 Å². The highest BCUT2D eigenvalue weighted by molar-refractivity contribution is 5.81. The molecule has 2 N–H and O–H groups in total. The second-order valence-corrected chi connectivity index (χ2v) is 5.20. The molecule has 0 saturated heterocycles. The number of nitriles is 1. The van der Waals surface area contributed by atoms with Gasteiger partial charge in [-0.2, -0.15) is 10.4 Å². The molecule has 2 aromatic rings. The number of nitrogens with zero attached hydrogens (tertiary/aromatic N) is 4. The van der Waals surface area contributed by atoms with Crippen LogP contribution in [-0.2, 0) is 0 Å². The molecule has 7 nitrogen and oxygen atoms in total. The Hall–Kier alpha value is -3.01. The molecule has 2 rings (SSSR count). The van der Waals surface area contributed by atoms with Crippen LogP contribution in [0, 0.1) is 18.3 Å². The van der Waals surface area contributed by atoms with E-state index in [1.165, 1.54) is 4.68 Å². The molecule has 1 aromatic carbocycles. The lowest BCUT2D eigenvalue weighted by Gasteiger charge is -2.11. The van der Waals surface area contributed by atoms with E-state index in [9.17, 15) is 0 Å². The summed E-state index contributed by atoms with van der Waals surface area (Å²) in [6, 6.07) is 7.68. The van der Waals surface area contributed by atoms with Crippen LogP contribution in [0.1, 0.15) is 30.5 Å². The molecule has 0 unspecified atom stereocenters. The SMILES string of the molecule is COc1ccc(C=Nn2cc(C)nc2N)cc1OCCCCC#N. The van der Waals surface area contributed by atoms with E-state index in [0.717, 1.165) is 24.1 Å². The highest BCUT2D eigenvalue weighted by atomic mass is 16.5. The van der Waals surface area contributed by atoms with Gasteiger partial charge in [0.1, 0.15) is 0 Å². The summed E-state index contributed by atoms with van der Waals surface area (Å²) >= 11 is 0. The lowest BCUT2D eigenvalue weighted by Crippen LogP contribution is -2.00. The van der Waals surface area contributed by atoms with Crippen LogP contribution in [0.4, 0.5) is 5.95 Å². The van der Waals surface area contributed by atoms with Crippen molar-refractivity contribution in [3.05, 3.63) is 35.7 Å². The lowest BCUT2D eigenvalue weighted by atomic mass is 10.2. The average Bonchev–Trinajstić information content (AvgIpc) is 2.90. The van der Waals surface area contributed by atoms with Crippen molar-refractivity contribution in [2.75, 3.05) is 19.5 Å². The Bertz CT molecular complexity index is 746. The van der Waals surface area contributed by atoms with Crippen molar-refractivity contribution < 1.29 is 9.47 Å². The van der Waals surface area contributed by atoms with Gasteiger partial charge in [0.25, 0.3) is 0 Å². The first-order valence-electron chi connectivity index (χ1n) is 7.67. The van der Waals surface area contributed by atoms with Crippen LogP contribution in [0.5, 0.6) is 11.5 Å². The molecule has 7 heteroatoms. The Morgan fingerprint density at radius 1 is 1.38 bits per heavy atom. The largest absolute Gasteiger partial charge is 0.493 e. The number of anilines is 1. The zero-order valence-corrected chi connectivity index (χ0v) is 13.9. The summed E-state index contributed by atoms with van der Waals surface area (Å²) in [4.78, 5) is 4.09. The molecule has 0 aliphatic rings. The lowest BCUT2D eigenvalue weighted by molar-refractivity contribution is 0.287. The molecule has 0 bridgehead atoms. The first-order valence-corrected chi connectivity index (χ1v) is 7.67. The van der Waals surface area contributed by atoms with Crippen LogP contribution >= 0.6 is 0 Å². The Balaban J connectivity index is 2.07. The maximum atomic E-state index is 8.53. The third kappa shape index (κ3) is 4.74. The minimum Gasteiger partial charge on any atom is -0.493 e. The van der Waals surface area contributed by atoms with Gasteiger partial charge in [-0.1, -0.05) is 0 Å². The Morgan fingerprint density at radius 2 is 2.21 bits per heavy atom. The van der Waals surface area contributed by atoms with Crippen LogP contribution in [-0.4, -0.2) is 29.6 Å². The maximum absolute atomic E-state index is 8.53. The van der Waals surface area contributed by atoms with E-state index in [1.54, 1.807) is 19.5 Å². The first kappa shape index (κ1) is 17.3. The molecule has 0 spiro atoms. The molecular formula is C17H21N5O2. The van der Waals surface area contributed by atoms with Crippen LogP contribution < -0.4 is 15.2 Å². The fourth-order valence-corrected chi connectivity index (χ4v) is 2.10. The number of hydrogen-bond donors (Lipinski definition) is 1. The van der Waals surface area contributed by atoms with Gasteiger partial charge in [-0.3, -0.25) is 0 Å². The van der Waals surface area contributed by atoms with Crippen LogP contribution in [0.25, 0.3) is 0 Å². The van der Waals surface area contributed by atoms with E-state index in [1.807, 2.05) is 25.1 Å². The summed E-state index contributed by atoms with van der Waals surface area (Å²) in [6.45, 7) is 2.39. The molecule has 0 amide bonds. The molecule has 0 radical (unpaired) electrons. The Kier molecular flexibility index (Phi) is 6.20. The van der Waals surface area contributed by atoms with Crippen molar-refractivity contribution in [3.8, 4) is 17.6 Å². The summed E-state index contributed by atoms with van der Waals surface area (Å²) in [6.07, 6.45) is 5.61. The predicted octanol–water partition coefficient (Wildman–Crippen LogP) is 2.74. The predicted molar refractivity (Wildman–Crippen MR) is 92.3 cm³/mol.